The molecule has 1 fully saturated rings. The Labute approximate surface area is 168 Å². The molecular weight excluding hydrogens is 350 g/mol. The van der Waals surface area contributed by atoms with Crippen LogP contribution in [0, 0.1) is 20.8 Å². The van der Waals surface area contributed by atoms with Crippen molar-refractivity contribution < 1.29 is 9.53 Å². The number of piperazine rings is 1. The number of carbonyl (C=O) groups is 1. The predicted molar refractivity (Wildman–Crippen MR) is 116 cm³/mol. The van der Waals surface area contributed by atoms with E-state index < -0.39 is 0 Å². The second kappa shape index (κ2) is 9.11. The molecule has 1 saturated heterocycles. The molecular formula is C23H31N3O2. The SMILES string of the molecule is CCN1CCN(c2ccc(NC(=O)COc3ccc(C)c(C)c3)c(C)c2)CC1. The molecule has 28 heavy (non-hydrogen) atoms. The van der Waals surface area contributed by atoms with Crippen molar-refractivity contribution >= 4 is 17.3 Å². The minimum absolute atomic E-state index is 0.00265. The van der Waals surface area contributed by atoms with Crippen molar-refractivity contribution in [1.29, 1.82) is 0 Å². The Morgan fingerprint density at radius 3 is 2.36 bits per heavy atom. The number of hydrogen-bond acceptors (Lipinski definition) is 4. The first-order chi connectivity index (χ1) is 13.5. The zero-order chi connectivity index (χ0) is 20.1. The Hall–Kier alpha value is -2.53. The molecule has 0 aliphatic carbocycles. The van der Waals surface area contributed by atoms with E-state index in [1.807, 2.05) is 38.1 Å². The first-order valence-corrected chi connectivity index (χ1v) is 10.0. The zero-order valence-electron chi connectivity index (χ0n) is 17.4. The van der Waals surface area contributed by atoms with Crippen LogP contribution in [0.4, 0.5) is 11.4 Å². The summed E-state index contributed by atoms with van der Waals surface area (Å²) in [5, 5.41) is 2.96. The van der Waals surface area contributed by atoms with Gasteiger partial charge in [-0.25, -0.2) is 0 Å². The average molecular weight is 382 g/mol. The number of hydrogen-bond donors (Lipinski definition) is 1. The van der Waals surface area contributed by atoms with Crippen molar-refractivity contribution in [2.45, 2.75) is 27.7 Å². The summed E-state index contributed by atoms with van der Waals surface area (Å²) in [6.07, 6.45) is 0. The summed E-state index contributed by atoms with van der Waals surface area (Å²) in [4.78, 5) is 17.2. The molecule has 1 amide bonds. The largest absolute Gasteiger partial charge is 0.484 e. The molecule has 0 saturated carbocycles. The van der Waals surface area contributed by atoms with Crippen LogP contribution in [-0.2, 0) is 4.79 Å². The van der Waals surface area contributed by atoms with Crippen LogP contribution in [0.2, 0.25) is 0 Å². The molecule has 0 bridgehead atoms. The molecule has 150 valence electrons. The topological polar surface area (TPSA) is 44.8 Å². The first kappa shape index (κ1) is 20.2. The Bertz CT molecular complexity index is 827. The molecule has 1 N–H and O–H groups in total. The number of nitrogens with zero attached hydrogens (tertiary/aromatic N) is 2. The van der Waals surface area contributed by atoms with Crippen molar-refractivity contribution in [3.05, 3.63) is 53.1 Å². The van der Waals surface area contributed by atoms with Gasteiger partial charge in [0.15, 0.2) is 6.61 Å². The third kappa shape index (κ3) is 5.04. The van der Waals surface area contributed by atoms with Gasteiger partial charge < -0.3 is 19.9 Å². The predicted octanol–water partition coefficient (Wildman–Crippen LogP) is 3.77. The van der Waals surface area contributed by atoms with Crippen molar-refractivity contribution in [2.75, 3.05) is 49.5 Å². The fraction of sp³-hybridized carbons (Fsp3) is 0.435. The third-order valence-electron chi connectivity index (χ3n) is 5.52. The third-order valence-corrected chi connectivity index (χ3v) is 5.52. The van der Waals surface area contributed by atoms with Crippen LogP contribution >= 0.6 is 0 Å². The molecule has 0 atom stereocenters. The highest BCUT2D eigenvalue weighted by Gasteiger charge is 2.16. The van der Waals surface area contributed by atoms with Gasteiger partial charge in [0.1, 0.15) is 5.75 Å². The van der Waals surface area contributed by atoms with E-state index in [2.05, 4.69) is 41.1 Å². The smallest absolute Gasteiger partial charge is 0.262 e. The average Bonchev–Trinajstić information content (AvgIpc) is 2.70. The molecule has 0 spiro atoms. The van der Waals surface area contributed by atoms with Crippen molar-refractivity contribution in [3.8, 4) is 5.75 Å². The van der Waals surface area contributed by atoms with E-state index in [1.54, 1.807) is 0 Å². The summed E-state index contributed by atoms with van der Waals surface area (Å²) < 4.78 is 5.63. The lowest BCUT2D eigenvalue weighted by molar-refractivity contribution is -0.118. The molecule has 3 rings (SSSR count). The summed E-state index contributed by atoms with van der Waals surface area (Å²) in [5.74, 6) is 0.571. The van der Waals surface area contributed by atoms with Crippen molar-refractivity contribution in [1.82, 2.24) is 4.90 Å². The van der Waals surface area contributed by atoms with Crippen LogP contribution in [-0.4, -0.2) is 50.1 Å². The molecule has 0 radical (unpaired) electrons. The molecule has 1 aliphatic heterocycles. The summed E-state index contributed by atoms with van der Waals surface area (Å²) in [6, 6.07) is 12.1. The fourth-order valence-electron chi connectivity index (χ4n) is 3.45. The maximum absolute atomic E-state index is 12.3. The van der Waals surface area contributed by atoms with Gasteiger partial charge >= 0.3 is 0 Å². The number of anilines is 2. The van der Waals surface area contributed by atoms with Crippen LogP contribution in [0.25, 0.3) is 0 Å². The summed E-state index contributed by atoms with van der Waals surface area (Å²) >= 11 is 0. The minimum Gasteiger partial charge on any atom is -0.484 e. The van der Waals surface area contributed by atoms with E-state index in [9.17, 15) is 4.79 Å². The van der Waals surface area contributed by atoms with E-state index in [0.29, 0.717) is 0 Å². The van der Waals surface area contributed by atoms with Gasteiger partial charge in [-0.3, -0.25) is 4.79 Å². The number of likely N-dealkylation sites (N-methyl/N-ethyl adjacent to an activating group) is 1. The number of amides is 1. The van der Waals surface area contributed by atoms with E-state index in [-0.39, 0.29) is 12.5 Å². The molecule has 0 aromatic heterocycles. The minimum atomic E-state index is -0.148. The number of benzene rings is 2. The maximum atomic E-state index is 12.3. The summed E-state index contributed by atoms with van der Waals surface area (Å²) in [7, 11) is 0. The first-order valence-electron chi connectivity index (χ1n) is 10.0. The van der Waals surface area contributed by atoms with E-state index in [1.165, 1.54) is 11.3 Å². The zero-order valence-corrected chi connectivity index (χ0v) is 17.4. The Balaban J connectivity index is 1.55. The monoisotopic (exact) mass is 381 g/mol. The van der Waals surface area contributed by atoms with Crippen LogP contribution in [0.15, 0.2) is 36.4 Å². The summed E-state index contributed by atoms with van der Waals surface area (Å²) in [6.45, 7) is 13.7. The number of nitrogens with one attached hydrogen (secondary N) is 1. The van der Waals surface area contributed by atoms with Gasteiger partial charge in [-0.1, -0.05) is 13.0 Å². The molecule has 5 nitrogen and oxygen atoms in total. The normalized spacial score (nSPS) is 14.8. The fourth-order valence-corrected chi connectivity index (χ4v) is 3.45. The van der Waals surface area contributed by atoms with Gasteiger partial charge in [0.05, 0.1) is 0 Å². The molecule has 2 aromatic carbocycles. The van der Waals surface area contributed by atoms with E-state index in [0.717, 1.165) is 55.3 Å². The van der Waals surface area contributed by atoms with Gasteiger partial charge in [-0.05, 0) is 74.3 Å². The maximum Gasteiger partial charge on any atom is 0.262 e. The second-order valence-electron chi connectivity index (χ2n) is 7.50. The van der Waals surface area contributed by atoms with Crippen LogP contribution in [0.5, 0.6) is 5.75 Å². The molecule has 1 aliphatic rings. The lowest BCUT2D eigenvalue weighted by Crippen LogP contribution is -2.46. The highest BCUT2D eigenvalue weighted by Crippen LogP contribution is 2.24. The lowest BCUT2D eigenvalue weighted by Gasteiger charge is -2.35. The van der Waals surface area contributed by atoms with Crippen molar-refractivity contribution in [2.24, 2.45) is 0 Å². The van der Waals surface area contributed by atoms with Crippen LogP contribution < -0.4 is 15.0 Å². The Morgan fingerprint density at radius 2 is 1.71 bits per heavy atom. The van der Waals surface area contributed by atoms with E-state index >= 15 is 0 Å². The number of rotatable bonds is 6. The van der Waals surface area contributed by atoms with Gasteiger partial charge in [0.25, 0.3) is 5.91 Å². The van der Waals surface area contributed by atoms with Gasteiger partial charge in [0, 0.05) is 37.6 Å². The molecule has 5 heteroatoms. The second-order valence-corrected chi connectivity index (χ2v) is 7.50. The lowest BCUT2D eigenvalue weighted by atomic mass is 10.1. The quantitative estimate of drug-likeness (QED) is 0.827. The highest BCUT2D eigenvalue weighted by molar-refractivity contribution is 5.92. The Morgan fingerprint density at radius 1 is 0.964 bits per heavy atom. The van der Waals surface area contributed by atoms with Gasteiger partial charge in [0.2, 0.25) is 0 Å². The number of carbonyl (C=O) groups excluding carboxylic acids is 1. The summed E-state index contributed by atoms with van der Waals surface area (Å²) in [5.41, 5.74) is 5.49. The molecule has 1 heterocycles. The van der Waals surface area contributed by atoms with E-state index in [4.69, 9.17) is 4.74 Å². The van der Waals surface area contributed by atoms with Gasteiger partial charge in [-0.2, -0.15) is 0 Å². The Kier molecular flexibility index (Phi) is 6.57. The standard InChI is InChI=1S/C23H31N3O2/c1-5-25-10-12-26(13-11-25)20-7-9-22(19(4)14-20)24-23(27)16-28-21-8-6-17(2)18(3)15-21/h6-9,14-15H,5,10-13,16H2,1-4H3,(H,24,27). The number of ether oxygens (including phenoxy) is 1. The number of aryl methyl sites for hydroxylation is 3. The molecule has 0 unspecified atom stereocenters. The van der Waals surface area contributed by atoms with Crippen LogP contribution in [0.1, 0.15) is 23.6 Å². The molecule has 2 aromatic rings. The van der Waals surface area contributed by atoms with Crippen molar-refractivity contribution in [3.63, 3.8) is 0 Å². The highest BCUT2D eigenvalue weighted by atomic mass is 16.5. The van der Waals surface area contributed by atoms with Crippen LogP contribution in [0.3, 0.4) is 0 Å². The van der Waals surface area contributed by atoms with Gasteiger partial charge in [-0.15, -0.1) is 0 Å².